The summed E-state index contributed by atoms with van der Waals surface area (Å²) in [5.74, 6) is -0.498. The van der Waals surface area contributed by atoms with Crippen molar-refractivity contribution in [3.63, 3.8) is 0 Å². The summed E-state index contributed by atoms with van der Waals surface area (Å²) in [5.41, 5.74) is 0. The Morgan fingerprint density at radius 1 is 1.75 bits per heavy atom. The van der Waals surface area contributed by atoms with Crippen molar-refractivity contribution < 1.29 is 19.1 Å². The van der Waals surface area contributed by atoms with Gasteiger partial charge in [0.2, 0.25) is 0 Å². The number of esters is 2. The topological polar surface area (TPSA) is 52.6 Å². The number of ether oxygens (including phenoxy) is 2. The van der Waals surface area contributed by atoms with Gasteiger partial charge in [-0.15, -0.1) is 0 Å². The molecule has 12 heavy (non-hydrogen) atoms. The van der Waals surface area contributed by atoms with E-state index in [2.05, 4.69) is 0 Å². The first kappa shape index (κ1) is 9.03. The van der Waals surface area contributed by atoms with E-state index in [1.807, 2.05) is 0 Å². The Morgan fingerprint density at radius 3 is 2.83 bits per heavy atom. The number of hydrogen-bond donors (Lipinski definition) is 0. The SMILES string of the molecule is CC(=O)O[C@@H](C)[C@H]1COC(=O)C1. The van der Waals surface area contributed by atoms with Crippen molar-refractivity contribution in [3.05, 3.63) is 0 Å². The van der Waals surface area contributed by atoms with Gasteiger partial charge in [0.25, 0.3) is 0 Å². The lowest BCUT2D eigenvalue weighted by Crippen LogP contribution is -2.23. The van der Waals surface area contributed by atoms with E-state index in [-0.39, 0.29) is 24.0 Å². The second-order valence-corrected chi connectivity index (χ2v) is 2.96. The van der Waals surface area contributed by atoms with Crippen LogP contribution in [0.1, 0.15) is 20.3 Å². The molecular weight excluding hydrogens is 160 g/mol. The van der Waals surface area contributed by atoms with Crippen molar-refractivity contribution >= 4 is 11.9 Å². The number of cyclic esters (lactones) is 1. The van der Waals surface area contributed by atoms with E-state index < -0.39 is 0 Å². The molecule has 0 amide bonds. The van der Waals surface area contributed by atoms with Crippen molar-refractivity contribution in [2.24, 2.45) is 5.92 Å². The maximum Gasteiger partial charge on any atom is 0.306 e. The summed E-state index contributed by atoms with van der Waals surface area (Å²) in [5, 5.41) is 0. The Bertz CT molecular complexity index is 199. The van der Waals surface area contributed by atoms with E-state index >= 15 is 0 Å². The Morgan fingerprint density at radius 2 is 2.42 bits per heavy atom. The van der Waals surface area contributed by atoms with Crippen molar-refractivity contribution in [2.45, 2.75) is 26.4 Å². The summed E-state index contributed by atoms with van der Waals surface area (Å²) in [4.78, 5) is 21.2. The van der Waals surface area contributed by atoms with Crippen LogP contribution in [0, 0.1) is 5.92 Å². The molecule has 0 saturated carbocycles. The van der Waals surface area contributed by atoms with Gasteiger partial charge in [-0.2, -0.15) is 0 Å². The molecule has 0 bridgehead atoms. The zero-order valence-electron chi connectivity index (χ0n) is 7.20. The highest BCUT2D eigenvalue weighted by Crippen LogP contribution is 2.19. The molecular formula is C8H12O4. The van der Waals surface area contributed by atoms with Crippen molar-refractivity contribution in [2.75, 3.05) is 6.61 Å². The fourth-order valence-electron chi connectivity index (χ4n) is 1.19. The molecule has 0 aromatic heterocycles. The Kier molecular flexibility index (Phi) is 2.68. The molecule has 0 aliphatic carbocycles. The minimum Gasteiger partial charge on any atom is -0.465 e. The lowest BCUT2D eigenvalue weighted by molar-refractivity contribution is -0.148. The second kappa shape index (κ2) is 3.56. The van der Waals surface area contributed by atoms with Gasteiger partial charge >= 0.3 is 11.9 Å². The third-order valence-corrected chi connectivity index (χ3v) is 1.90. The van der Waals surface area contributed by atoms with Crippen LogP contribution in [0.3, 0.4) is 0 Å². The standard InChI is InChI=1S/C8H12O4/c1-5(12-6(2)9)7-3-8(10)11-4-7/h5,7H,3-4H2,1-2H3/t5-,7+/m0/s1. The molecule has 0 aromatic carbocycles. The number of rotatable bonds is 2. The second-order valence-electron chi connectivity index (χ2n) is 2.96. The molecule has 1 rings (SSSR count). The highest BCUT2D eigenvalue weighted by Gasteiger charge is 2.30. The predicted octanol–water partition coefficient (Wildman–Crippen LogP) is 0.501. The van der Waals surface area contributed by atoms with Crippen LogP contribution in [0.2, 0.25) is 0 Å². The zero-order chi connectivity index (χ0) is 9.14. The lowest BCUT2D eigenvalue weighted by atomic mass is 10.0. The van der Waals surface area contributed by atoms with Crippen LogP contribution in [-0.4, -0.2) is 24.6 Å². The predicted molar refractivity (Wildman–Crippen MR) is 40.3 cm³/mol. The molecule has 2 atom stereocenters. The fourth-order valence-corrected chi connectivity index (χ4v) is 1.19. The van der Waals surface area contributed by atoms with E-state index in [1.165, 1.54) is 6.92 Å². The number of carbonyl (C=O) groups excluding carboxylic acids is 2. The molecule has 0 aromatic rings. The van der Waals surface area contributed by atoms with Gasteiger partial charge in [0.05, 0.1) is 13.0 Å². The van der Waals surface area contributed by atoms with Crippen LogP contribution in [0.25, 0.3) is 0 Å². The summed E-state index contributed by atoms with van der Waals surface area (Å²) in [6.45, 7) is 3.50. The number of carbonyl (C=O) groups is 2. The van der Waals surface area contributed by atoms with Crippen LogP contribution in [0.15, 0.2) is 0 Å². The van der Waals surface area contributed by atoms with Gasteiger partial charge in [-0.1, -0.05) is 0 Å². The summed E-state index contributed by atoms with van der Waals surface area (Å²) >= 11 is 0. The molecule has 1 fully saturated rings. The molecule has 4 nitrogen and oxygen atoms in total. The average molecular weight is 172 g/mol. The smallest absolute Gasteiger partial charge is 0.306 e. The van der Waals surface area contributed by atoms with Crippen LogP contribution in [0.5, 0.6) is 0 Å². The Balaban J connectivity index is 2.37. The third-order valence-electron chi connectivity index (χ3n) is 1.90. The summed E-state index contributed by atoms with van der Waals surface area (Å²) in [6, 6.07) is 0. The minimum absolute atomic E-state index is 0.0291. The van der Waals surface area contributed by atoms with Crippen molar-refractivity contribution in [1.29, 1.82) is 0 Å². The lowest BCUT2D eigenvalue weighted by Gasteiger charge is -2.15. The molecule has 68 valence electrons. The molecule has 1 saturated heterocycles. The number of hydrogen-bond acceptors (Lipinski definition) is 4. The molecule has 1 heterocycles. The van der Waals surface area contributed by atoms with E-state index in [0.717, 1.165) is 0 Å². The summed E-state index contributed by atoms with van der Waals surface area (Å²) in [6.07, 6.45) is 0.128. The normalized spacial score (nSPS) is 24.8. The molecule has 0 N–H and O–H groups in total. The maximum absolute atomic E-state index is 10.7. The van der Waals surface area contributed by atoms with Crippen LogP contribution < -0.4 is 0 Å². The van der Waals surface area contributed by atoms with Gasteiger partial charge in [0.15, 0.2) is 0 Å². The molecule has 1 aliphatic rings. The molecule has 0 radical (unpaired) electrons. The Labute approximate surface area is 70.8 Å². The summed E-state index contributed by atoms with van der Waals surface area (Å²) < 4.78 is 9.65. The van der Waals surface area contributed by atoms with Gasteiger partial charge in [0, 0.05) is 12.8 Å². The first-order chi connectivity index (χ1) is 5.59. The summed E-state index contributed by atoms with van der Waals surface area (Å²) in [7, 11) is 0. The van der Waals surface area contributed by atoms with Crippen LogP contribution in [-0.2, 0) is 19.1 Å². The van der Waals surface area contributed by atoms with Gasteiger partial charge in [0.1, 0.15) is 6.10 Å². The highest BCUT2D eigenvalue weighted by atomic mass is 16.6. The van der Waals surface area contributed by atoms with Gasteiger partial charge in [-0.05, 0) is 6.92 Å². The van der Waals surface area contributed by atoms with E-state index in [1.54, 1.807) is 6.92 Å². The first-order valence-electron chi connectivity index (χ1n) is 3.92. The van der Waals surface area contributed by atoms with Gasteiger partial charge < -0.3 is 9.47 Å². The largest absolute Gasteiger partial charge is 0.465 e. The van der Waals surface area contributed by atoms with E-state index in [9.17, 15) is 9.59 Å². The van der Waals surface area contributed by atoms with Crippen molar-refractivity contribution in [3.8, 4) is 0 Å². The van der Waals surface area contributed by atoms with Gasteiger partial charge in [-0.25, -0.2) is 0 Å². The monoisotopic (exact) mass is 172 g/mol. The first-order valence-corrected chi connectivity index (χ1v) is 3.92. The van der Waals surface area contributed by atoms with Crippen LogP contribution in [0.4, 0.5) is 0 Å². The van der Waals surface area contributed by atoms with Crippen LogP contribution >= 0.6 is 0 Å². The highest BCUT2D eigenvalue weighted by molar-refractivity contribution is 5.72. The van der Waals surface area contributed by atoms with Crippen molar-refractivity contribution in [1.82, 2.24) is 0 Å². The zero-order valence-corrected chi connectivity index (χ0v) is 7.20. The maximum atomic E-state index is 10.7. The van der Waals surface area contributed by atoms with E-state index in [4.69, 9.17) is 9.47 Å². The van der Waals surface area contributed by atoms with Gasteiger partial charge in [-0.3, -0.25) is 9.59 Å². The van der Waals surface area contributed by atoms with E-state index in [0.29, 0.717) is 13.0 Å². The fraction of sp³-hybridized carbons (Fsp3) is 0.750. The third kappa shape index (κ3) is 2.22. The Hall–Kier alpha value is -1.06. The average Bonchev–Trinajstić information content (AvgIpc) is 2.34. The minimum atomic E-state index is -0.318. The molecule has 4 heteroatoms. The molecule has 0 unspecified atom stereocenters. The molecule has 1 aliphatic heterocycles. The quantitative estimate of drug-likeness (QED) is 0.569. The molecule has 0 spiro atoms.